The molecule has 0 unspecified atom stereocenters. The van der Waals surface area contributed by atoms with Crippen LogP contribution >= 0.6 is 11.3 Å². The van der Waals surface area contributed by atoms with Gasteiger partial charge in [-0.05, 0) is 42.5 Å². The predicted molar refractivity (Wildman–Crippen MR) is 108 cm³/mol. The Bertz CT molecular complexity index is 1020. The molecule has 0 aliphatic rings. The van der Waals surface area contributed by atoms with Crippen molar-refractivity contribution in [3.63, 3.8) is 0 Å². The molecule has 29 heavy (non-hydrogen) atoms. The first-order valence-corrected chi connectivity index (χ1v) is 9.50. The van der Waals surface area contributed by atoms with Gasteiger partial charge in [0.15, 0.2) is 17.2 Å². The van der Waals surface area contributed by atoms with Crippen LogP contribution in [0, 0.1) is 11.3 Å². The summed E-state index contributed by atoms with van der Waals surface area (Å²) in [5, 5.41) is 11.1. The van der Waals surface area contributed by atoms with Gasteiger partial charge in [-0.15, -0.1) is 11.3 Å². The summed E-state index contributed by atoms with van der Waals surface area (Å²) in [5.74, 6) is 1.29. The van der Waals surface area contributed by atoms with Gasteiger partial charge in [-0.2, -0.15) is 5.26 Å². The highest BCUT2D eigenvalue weighted by Crippen LogP contribution is 2.33. The number of methoxy groups -OCH3 is 2. The Balaban J connectivity index is 1.54. The van der Waals surface area contributed by atoms with Crippen LogP contribution in [-0.2, 0) is 4.74 Å². The number of hydrogen-bond donors (Lipinski definition) is 0. The molecule has 0 radical (unpaired) electrons. The summed E-state index contributed by atoms with van der Waals surface area (Å²) in [6, 6.07) is 14.2. The summed E-state index contributed by atoms with van der Waals surface area (Å²) in [4.78, 5) is 16.5. The molecule has 3 aromatic rings. The summed E-state index contributed by atoms with van der Waals surface area (Å²) >= 11 is 1.34. The average Bonchev–Trinajstić information content (AvgIpc) is 3.27. The second-order valence-electron chi connectivity index (χ2n) is 5.73. The molecule has 0 N–H and O–H groups in total. The molecule has 1 aromatic heterocycles. The highest BCUT2D eigenvalue weighted by atomic mass is 32.1. The second kappa shape index (κ2) is 9.57. The van der Waals surface area contributed by atoms with Crippen LogP contribution in [0.5, 0.6) is 17.2 Å². The number of aromatic nitrogens is 1. The van der Waals surface area contributed by atoms with Gasteiger partial charge in [-0.25, -0.2) is 9.78 Å². The Morgan fingerprint density at radius 3 is 2.52 bits per heavy atom. The Kier molecular flexibility index (Phi) is 6.66. The van der Waals surface area contributed by atoms with Gasteiger partial charge in [0.05, 0.1) is 25.9 Å². The molecule has 0 amide bonds. The number of hydrogen-bond acceptors (Lipinski definition) is 8. The highest BCUT2D eigenvalue weighted by Gasteiger charge is 2.15. The molecule has 0 atom stereocenters. The van der Waals surface area contributed by atoms with E-state index in [1.165, 1.54) is 11.3 Å². The van der Waals surface area contributed by atoms with Crippen molar-refractivity contribution in [2.45, 2.75) is 0 Å². The number of nitrogens with zero attached hydrogens (tertiary/aromatic N) is 2. The Labute approximate surface area is 172 Å². The lowest BCUT2D eigenvalue weighted by Gasteiger charge is -2.08. The van der Waals surface area contributed by atoms with Crippen LogP contribution in [0.25, 0.3) is 10.6 Å². The highest BCUT2D eigenvalue weighted by molar-refractivity contribution is 7.13. The number of thiazole rings is 1. The van der Waals surface area contributed by atoms with E-state index in [-0.39, 0.29) is 18.9 Å². The van der Waals surface area contributed by atoms with E-state index < -0.39 is 5.97 Å². The molecule has 3 rings (SSSR count). The molecule has 7 nitrogen and oxygen atoms in total. The minimum atomic E-state index is -0.517. The summed E-state index contributed by atoms with van der Waals surface area (Å²) in [7, 11) is 3.13. The van der Waals surface area contributed by atoms with Crippen LogP contribution in [0.3, 0.4) is 0 Å². The van der Waals surface area contributed by atoms with Gasteiger partial charge in [0.25, 0.3) is 0 Å². The fraction of sp³-hybridized carbons (Fsp3) is 0.190. The molecule has 2 aromatic carbocycles. The fourth-order valence-electron chi connectivity index (χ4n) is 2.46. The van der Waals surface area contributed by atoms with Crippen LogP contribution in [0.15, 0.2) is 47.8 Å². The van der Waals surface area contributed by atoms with Crippen molar-refractivity contribution in [1.82, 2.24) is 4.98 Å². The van der Waals surface area contributed by atoms with E-state index in [4.69, 9.17) is 24.2 Å². The third kappa shape index (κ3) is 5.03. The van der Waals surface area contributed by atoms with Crippen LogP contribution in [-0.4, -0.2) is 38.4 Å². The summed E-state index contributed by atoms with van der Waals surface area (Å²) < 4.78 is 21.2. The molecule has 1 heterocycles. The van der Waals surface area contributed by atoms with Crippen molar-refractivity contribution in [1.29, 1.82) is 5.26 Å². The minimum Gasteiger partial charge on any atom is -0.493 e. The smallest absolute Gasteiger partial charge is 0.357 e. The van der Waals surface area contributed by atoms with Gasteiger partial charge >= 0.3 is 5.97 Å². The first-order chi connectivity index (χ1) is 14.1. The molecule has 148 valence electrons. The predicted octanol–water partition coefficient (Wildman–Crippen LogP) is 3.93. The standard InChI is InChI=1S/C21H18N2O5S/c1-25-18-8-5-15(11-19(18)26-2)20-23-17(13-29-20)21(24)28-10-9-27-16-6-3-14(12-22)4-7-16/h3-8,11,13H,9-10H2,1-2H3. The van der Waals surface area contributed by atoms with Crippen molar-refractivity contribution < 1.29 is 23.7 Å². The number of carbonyl (C=O) groups excluding carboxylic acids is 1. The molecule has 0 aliphatic heterocycles. The fourth-order valence-corrected chi connectivity index (χ4v) is 3.25. The van der Waals surface area contributed by atoms with Crippen molar-refractivity contribution in [2.24, 2.45) is 0 Å². The Morgan fingerprint density at radius 1 is 1.07 bits per heavy atom. The number of esters is 1. The van der Waals surface area contributed by atoms with Gasteiger partial charge in [0.2, 0.25) is 0 Å². The molecular formula is C21H18N2O5S. The van der Waals surface area contributed by atoms with Crippen molar-refractivity contribution in [3.8, 4) is 33.9 Å². The number of ether oxygens (including phenoxy) is 4. The third-order valence-electron chi connectivity index (χ3n) is 3.91. The normalized spacial score (nSPS) is 10.1. The maximum absolute atomic E-state index is 12.2. The topological polar surface area (TPSA) is 90.7 Å². The average molecular weight is 410 g/mol. The Morgan fingerprint density at radius 2 is 1.83 bits per heavy atom. The van der Waals surface area contributed by atoms with Crippen LogP contribution in [0.4, 0.5) is 0 Å². The maximum atomic E-state index is 12.2. The molecular weight excluding hydrogens is 392 g/mol. The minimum absolute atomic E-state index is 0.0854. The molecule has 0 spiro atoms. The number of nitriles is 1. The third-order valence-corrected chi connectivity index (χ3v) is 4.80. The van der Waals surface area contributed by atoms with Crippen molar-refractivity contribution in [2.75, 3.05) is 27.4 Å². The summed E-state index contributed by atoms with van der Waals surface area (Å²) in [6.45, 7) is 0.284. The SMILES string of the molecule is COc1ccc(-c2nc(C(=O)OCCOc3ccc(C#N)cc3)cs2)cc1OC. The lowest BCUT2D eigenvalue weighted by molar-refractivity contribution is 0.0444. The van der Waals surface area contributed by atoms with Gasteiger partial charge < -0.3 is 18.9 Å². The lowest BCUT2D eigenvalue weighted by atomic mass is 10.2. The van der Waals surface area contributed by atoms with Crippen LogP contribution < -0.4 is 14.2 Å². The van der Waals surface area contributed by atoms with Crippen LogP contribution in [0.1, 0.15) is 16.1 Å². The van der Waals surface area contributed by atoms with Crippen LogP contribution in [0.2, 0.25) is 0 Å². The number of benzene rings is 2. The quantitative estimate of drug-likeness (QED) is 0.410. The van der Waals surface area contributed by atoms with Gasteiger partial charge in [-0.1, -0.05) is 0 Å². The van der Waals surface area contributed by atoms with E-state index in [0.717, 1.165) is 5.56 Å². The zero-order valence-electron chi connectivity index (χ0n) is 15.9. The second-order valence-corrected chi connectivity index (χ2v) is 6.59. The number of rotatable bonds is 8. The largest absolute Gasteiger partial charge is 0.493 e. The van der Waals surface area contributed by atoms with E-state index >= 15 is 0 Å². The van der Waals surface area contributed by atoms with Gasteiger partial charge in [0.1, 0.15) is 24.0 Å². The summed E-state index contributed by atoms with van der Waals surface area (Å²) in [6.07, 6.45) is 0. The molecule has 0 aliphatic carbocycles. The maximum Gasteiger partial charge on any atom is 0.357 e. The molecule has 0 saturated carbocycles. The monoisotopic (exact) mass is 410 g/mol. The first-order valence-electron chi connectivity index (χ1n) is 8.62. The zero-order chi connectivity index (χ0) is 20.6. The summed E-state index contributed by atoms with van der Waals surface area (Å²) in [5.41, 5.74) is 1.60. The van der Waals surface area contributed by atoms with E-state index in [0.29, 0.717) is 27.8 Å². The molecule has 0 fully saturated rings. The van der Waals surface area contributed by atoms with Gasteiger partial charge in [0, 0.05) is 10.9 Å². The lowest BCUT2D eigenvalue weighted by Crippen LogP contribution is -2.12. The molecule has 0 saturated heterocycles. The van der Waals surface area contributed by atoms with E-state index in [2.05, 4.69) is 4.98 Å². The Hall–Kier alpha value is -3.57. The first kappa shape index (κ1) is 20.2. The van der Waals surface area contributed by atoms with E-state index in [1.807, 2.05) is 12.1 Å². The van der Waals surface area contributed by atoms with Gasteiger partial charge in [-0.3, -0.25) is 0 Å². The molecule has 8 heteroatoms. The van der Waals surface area contributed by atoms with Crippen molar-refractivity contribution in [3.05, 3.63) is 59.1 Å². The number of carbonyl (C=O) groups is 1. The van der Waals surface area contributed by atoms with Crippen molar-refractivity contribution >= 4 is 17.3 Å². The van der Waals surface area contributed by atoms with E-state index in [1.54, 1.807) is 56.0 Å². The zero-order valence-corrected chi connectivity index (χ0v) is 16.7. The molecule has 0 bridgehead atoms. The van der Waals surface area contributed by atoms with E-state index in [9.17, 15) is 4.79 Å².